The minimum atomic E-state index is -2.59. The maximum absolute atomic E-state index is 13.5. The zero-order valence-electron chi connectivity index (χ0n) is 30.5. The lowest BCUT2D eigenvalue weighted by Gasteiger charge is -2.58. The second-order valence-corrected chi connectivity index (χ2v) is 15.5. The highest BCUT2D eigenvalue weighted by molar-refractivity contribution is 9.10. The highest BCUT2D eigenvalue weighted by atomic mass is 79.9. The molecule has 3 rings (SSSR count). The third-order valence-corrected chi connectivity index (χ3v) is 8.12. The molecular weight excluding hydrogens is 752 g/mol. The standard InChI is InChI=1S/C32H45BrO18/c1-15(34)47-32(41-12)22(33)16(35)13-18(40-11)31(32)23-21(46-27(39)51-31)20(45-26(38)50-30(8,9)10)19(44-25(37)49-29(5,6)7)17(43-23)14-42-24(36)48-28(2,3)4/h13,17,19-23H,14H2,1-12H3/t17-,19-,20+,21-,22?,23-,31-,32?/m1/s1. The van der Waals surface area contributed by atoms with Crippen molar-refractivity contribution < 1.29 is 85.6 Å². The smallest absolute Gasteiger partial charge is 0.496 e. The van der Waals surface area contributed by atoms with E-state index in [9.17, 15) is 28.8 Å². The van der Waals surface area contributed by atoms with Gasteiger partial charge in [0.05, 0.1) is 7.11 Å². The minimum absolute atomic E-state index is 0.452. The van der Waals surface area contributed by atoms with Crippen LogP contribution in [0.2, 0.25) is 0 Å². The van der Waals surface area contributed by atoms with Crippen LogP contribution in [-0.2, 0) is 66.4 Å². The molecule has 2 aliphatic heterocycles. The molecule has 0 saturated carbocycles. The van der Waals surface area contributed by atoms with Crippen LogP contribution in [0.3, 0.4) is 0 Å². The topological polar surface area (TPSA) is 213 Å². The third-order valence-electron chi connectivity index (χ3n) is 7.07. The highest BCUT2D eigenvalue weighted by Crippen LogP contribution is 2.54. The summed E-state index contributed by atoms with van der Waals surface area (Å²) in [6.45, 7) is 14.3. The van der Waals surface area contributed by atoms with Crippen molar-refractivity contribution in [3.63, 3.8) is 0 Å². The molecule has 19 heteroatoms. The Kier molecular flexibility index (Phi) is 12.2. The third kappa shape index (κ3) is 9.34. The molecule has 2 heterocycles. The molecule has 1 spiro atoms. The summed E-state index contributed by atoms with van der Waals surface area (Å²) in [4.78, 5) is 76.9. The van der Waals surface area contributed by atoms with Crippen molar-refractivity contribution in [2.75, 3.05) is 20.8 Å². The number of allylic oxidation sites excluding steroid dienone is 1. The summed E-state index contributed by atoms with van der Waals surface area (Å²) in [5, 5.41) is 0. The van der Waals surface area contributed by atoms with E-state index in [-0.39, 0.29) is 0 Å². The molecule has 2 saturated heterocycles. The molecule has 8 atom stereocenters. The van der Waals surface area contributed by atoms with Crippen molar-refractivity contribution in [2.45, 2.75) is 133 Å². The molecule has 18 nitrogen and oxygen atoms in total. The lowest BCUT2D eigenvalue weighted by Crippen LogP contribution is -2.81. The maximum atomic E-state index is 13.5. The Bertz CT molecular complexity index is 1410. The maximum Gasteiger partial charge on any atom is 0.510 e. The van der Waals surface area contributed by atoms with Gasteiger partial charge in [-0.05, 0) is 62.3 Å². The van der Waals surface area contributed by atoms with Crippen molar-refractivity contribution >= 4 is 52.3 Å². The first-order valence-corrected chi connectivity index (χ1v) is 16.6. The van der Waals surface area contributed by atoms with E-state index in [1.807, 2.05) is 0 Å². The Labute approximate surface area is 303 Å². The summed E-state index contributed by atoms with van der Waals surface area (Å²) in [6.07, 6.45) is -13.2. The number of carbonyl (C=O) groups excluding carboxylic acids is 6. The van der Waals surface area contributed by atoms with E-state index in [1.54, 1.807) is 62.3 Å². The average Bonchev–Trinajstić information content (AvgIpc) is 2.94. The second kappa shape index (κ2) is 15.0. The Hall–Kier alpha value is -3.84. The van der Waals surface area contributed by atoms with E-state index in [0.29, 0.717) is 0 Å². The molecule has 1 aliphatic carbocycles. The van der Waals surface area contributed by atoms with Gasteiger partial charge in [0.25, 0.3) is 11.4 Å². The predicted molar refractivity (Wildman–Crippen MR) is 171 cm³/mol. The number of methoxy groups -OCH3 is 2. The zero-order chi connectivity index (χ0) is 38.9. The predicted octanol–water partition coefficient (Wildman–Crippen LogP) is 4.40. The SMILES string of the molecule is COC1=CC(=O)C(Br)C(OC)(OC(C)=O)[C@@]12OC(=O)O[C@@H]1[C@@H](OC(=O)OC(C)(C)C)[C@H](OC(=O)OC(C)(C)C)[C@@H](COC(=O)OC(C)(C)C)O[C@H]12. The van der Waals surface area contributed by atoms with Gasteiger partial charge in [-0.1, -0.05) is 15.9 Å². The highest BCUT2D eigenvalue weighted by Gasteiger charge is 2.79. The first-order chi connectivity index (χ1) is 23.3. The molecule has 0 N–H and O–H groups in total. The molecule has 0 amide bonds. The number of rotatable bonds is 7. The molecule has 288 valence electrons. The minimum Gasteiger partial charge on any atom is -0.496 e. The Morgan fingerprint density at radius 2 is 1.33 bits per heavy atom. The van der Waals surface area contributed by atoms with Gasteiger partial charge in [-0.2, -0.15) is 0 Å². The summed E-state index contributed by atoms with van der Waals surface area (Å²) in [5.74, 6) is -4.79. The molecule has 0 radical (unpaired) electrons. The summed E-state index contributed by atoms with van der Waals surface area (Å²) in [6, 6.07) is 0. The number of ether oxygens (including phenoxy) is 12. The van der Waals surface area contributed by atoms with Gasteiger partial charge in [-0.25, -0.2) is 19.2 Å². The molecule has 0 aromatic rings. The molecule has 2 unspecified atom stereocenters. The summed E-state index contributed by atoms with van der Waals surface area (Å²) in [5.41, 5.74) is -5.73. The Morgan fingerprint density at radius 3 is 1.80 bits per heavy atom. The van der Waals surface area contributed by atoms with Gasteiger partial charge in [-0.15, -0.1) is 0 Å². The van der Waals surface area contributed by atoms with Crippen molar-refractivity contribution in [3.05, 3.63) is 11.8 Å². The summed E-state index contributed by atoms with van der Waals surface area (Å²) in [7, 11) is 2.18. The van der Waals surface area contributed by atoms with E-state index in [0.717, 1.165) is 27.2 Å². The first-order valence-electron chi connectivity index (χ1n) is 15.7. The van der Waals surface area contributed by atoms with Gasteiger partial charge in [0, 0.05) is 20.1 Å². The first kappa shape index (κ1) is 41.6. The van der Waals surface area contributed by atoms with Crippen LogP contribution >= 0.6 is 15.9 Å². The monoisotopic (exact) mass is 796 g/mol. The molecular formula is C32H45BrO18. The molecule has 3 aliphatic rings. The fraction of sp³-hybridized carbons (Fsp3) is 0.750. The van der Waals surface area contributed by atoms with Crippen LogP contribution < -0.4 is 0 Å². The van der Waals surface area contributed by atoms with Crippen molar-refractivity contribution in [1.82, 2.24) is 0 Å². The number of halogens is 1. The van der Waals surface area contributed by atoms with Crippen LogP contribution in [0.15, 0.2) is 11.8 Å². The number of esters is 1. The number of alkyl halides is 1. The number of hydrogen-bond acceptors (Lipinski definition) is 18. The zero-order valence-corrected chi connectivity index (χ0v) is 32.1. The van der Waals surface area contributed by atoms with Gasteiger partial charge in [-0.3, -0.25) is 9.59 Å². The fourth-order valence-electron chi connectivity index (χ4n) is 5.47. The van der Waals surface area contributed by atoms with Crippen LogP contribution in [0.25, 0.3) is 0 Å². The van der Waals surface area contributed by atoms with Crippen LogP contribution in [-0.4, -0.2) is 121 Å². The second-order valence-electron chi connectivity index (χ2n) is 14.6. The average molecular weight is 798 g/mol. The largest absolute Gasteiger partial charge is 0.510 e. The molecule has 0 bridgehead atoms. The van der Waals surface area contributed by atoms with Crippen molar-refractivity contribution in [3.8, 4) is 0 Å². The van der Waals surface area contributed by atoms with Gasteiger partial charge in [0.1, 0.15) is 34.3 Å². The summed E-state index contributed by atoms with van der Waals surface area (Å²) >= 11 is 3.21. The molecule has 51 heavy (non-hydrogen) atoms. The van der Waals surface area contributed by atoms with Gasteiger partial charge in [0.15, 0.2) is 36.0 Å². The van der Waals surface area contributed by atoms with Crippen LogP contribution in [0.4, 0.5) is 19.2 Å². The normalized spacial score (nSPS) is 30.7. The van der Waals surface area contributed by atoms with Gasteiger partial charge in [0.2, 0.25) is 0 Å². The molecule has 0 aromatic carbocycles. The van der Waals surface area contributed by atoms with E-state index in [1.165, 1.54) is 0 Å². The van der Waals surface area contributed by atoms with E-state index >= 15 is 0 Å². The van der Waals surface area contributed by atoms with Crippen molar-refractivity contribution in [1.29, 1.82) is 0 Å². The fourth-order valence-corrected chi connectivity index (χ4v) is 6.22. The van der Waals surface area contributed by atoms with Crippen LogP contribution in [0, 0.1) is 0 Å². The lowest BCUT2D eigenvalue weighted by atomic mass is 9.72. The van der Waals surface area contributed by atoms with E-state index in [4.69, 9.17) is 56.8 Å². The van der Waals surface area contributed by atoms with E-state index in [2.05, 4.69) is 15.9 Å². The van der Waals surface area contributed by atoms with Crippen LogP contribution in [0.5, 0.6) is 0 Å². The molecule has 0 aromatic heterocycles. The van der Waals surface area contributed by atoms with E-state index < -0.39 is 112 Å². The number of carbonyl (C=O) groups is 6. The number of fused-ring (bicyclic) bond motifs is 2. The quantitative estimate of drug-likeness (QED) is 0.151. The van der Waals surface area contributed by atoms with Crippen molar-refractivity contribution in [2.24, 2.45) is 0 Å². The van der Waals surface area contributed by atoms with Crippen LogP contribution in [0.1, 0.15) is 69.2 Å². The Balaban J connectivity index is 2.32. The Morgan fingerprint density at radius 1 is 0.824 bits per heavy atom. The lowest BCUT2D eigenvalue weighted by molar-refractivity contribution is -0.367. The molecule has 2 fully saturated rings. The van der Waals surface area contributed by atoms with Gasteiger partial charge < -0.3 is 56.8 Å². The number of ketones is 1. The number of hydrogen-bond donors (Lipinski definition) is 0. The summed E-state index contributed by atoms with van der Waals surface area (Å²) < 4.78 is 67.3. The van der Waals surface area contributed by atoms with Gasteiger partial charge >= 0.3 is 30.6 Å².